The van der Waals surface area contributed by atoms with Crippen LogP contribution in [0, 0.1) is 13.8 Å². The van der Waals surface area contributed by atoms with Crippen LogP contribution in [0.4, 0.5) is 0 Å². The summed E-state index contributed by atoms with van der Waals surface area (Å²) < 4.78 is 0. The van der Waals surface area contributed by atoms with Gasteiger partial charge in [-0.2, -0.15) is 0 Å². The average molecular weight is 223 g/mol. The van der Waals surface area contributed by atoms with E-state index in [2.05, 4.69) is 26.9 Å². The Hall–Kier alpha value is -1.99. The maximum Gasteiger partial charge on any atom is 0.272 e. The first-order chi connectivity index (χ1) is 7.59. The van der Waals surface area contributed by atoms with Crippen LogP contribution >= 0.6 is 0 Å². The van der Waals surface area contributed by atoms with Crippen LogP contribution in [0.3, 0.4) is 0 Å². The Morgan fingerprint density at radius 2 is 1.69 bits per heavy atom. The number of aromatic amines is 2. The van der Waals surface area contributed by atoms with E-state index in [4.69, 9.17) is 0 Å². The molecule has 7 nitrogen and oxygen atoms in total. The third kappa shape index (κ3) is 2.00. The Labute approximate surface area is 90.4 Å². The number of fused-ring (bicyclic) bond motifs is 1. The minimum atomic E-state index is -0.315. The van der Waals surface area contributed by atoms with E-state index in [0.717, 1.165) is 5.69 Å². The Kier molecular flexibility index (Phi) is 3.54. The van der Waals surface area contributed by atoms with Crippen molar-refractivity contribution < 1.29 is 0 Å². The topological polar surface area (TPSA) is 131 Å². The van der Waals surface area contributed by atoms with Gasteiger partial charge in [0.1, 0.15) is 0 Å². The lowest BCUT2D eigenvalue weighted by molar-refractivity contribution is 0.968. The molecule has 0 bridgehead atoms. The van der Waals surface area contributed by atoms with Crippen LogP contribution in [0.2, 0.25) is 0 Å². The largest absolute Gasteiger partial charge is 0.274 e. The smallest absolute Gasteiger partial charge is 0.272 e. The minimum absolute atomic E-state index is 0.298. The predicted molar refractivity (Wildman–Crippen MR) is 60.8 cm³/mol. The van der Waals surface area contributed by atoms with Crippen LogP contribution in [0.5, 0.6) is 0 Å². The standard InChI is InChI=1S/C9H9N3O2.H4N2/c1-4-3-6-7(5(2)10-4)9(14)12-11-8(6)13;1-2/h3H,1-2H3,(H,11,13)(H,12,14);1-2H2. The zero-order valence-corrected chi connectivity index (χ0v) is 9.00. The summed E-state index contributed by atoms with van der Waals surface area (Å²) in [6, 6.07) is 1.61. The third-order valence-corrected chi connectivity index (χ3v) is 2.09. The SMILES string of the molecule is Cc1cc2c(=O)[nH][nH]c(=O)c2c(C)n1.NN. The van der Waals surface area contributed by atoms with E-state index >= 15 is 0 Å². The van der Waals surface area contributed by atoms with Gasteiger partial charge in [-0.15, -0.1) is 0 Å². The van der Waals surface area contributed by atoms with Gasteiger partial charge in [0.25, 0.3) is 11.1 Å². The fraction of sp³-hybridized carbons (Fsp3) is 0.222. The lowest BCUT2D eigenvalue weighted by Gasteiger charge is -2.00. The molecular formula is C9H13N5O2. The van der Waals surface area contributed by atoms with E-state index in [1.165, 1.54) is 0 Å². The van der Waals surface area contributed by atoms with Crippen LogP contribution in [-0.4, -0.2) is 15.2 Å². The van der Waals surface area contributed by atoms with Gasteiger partial charge >= 0.3 is 0 Å². The molecule has 6 N–H and O–H groups in total. The zero-order valence-electron chi connectivity index (χ0n) is 9.00. The highest BCUT2D eigenvalue weighted by Crippen LogP contribution is 2.08. The van der Waals surface area contributed by atoms with Crippen molar-refractivity contribution in [2.75, 3.05) is 0 Å². The van der Waals surface area contributed by atoms with E-state index in [9.17, 15) is 9.59 Å². The molecule has 0 spiro atoms. The molecule has 86 valence electrons. The summed E-state index contributed by atoms with van der Waals surface area (Å²) in [5.41, 5.74) is 0.691. The molecular weight excluding hydrogens is 210 g/mol. The highest BCUT2D eigenvalue weighted by atomic mass is 16.1. The number of nitrogens with two attached hydrogens (primary N) is 2. The summed E-state index contributed by atoms with van der Waals surface area (Å²) in [5, 5.41) is 5.29. The Morgan fingerprint density at radius 1 is 1.12 bits per heavy atom. The van der Waals surface area contributed by atoms with Gasteiger partial charge in [0.05, 0.1) is 16.5 Å². The molecule has 2 rings (SSSR count). The van der Waals surface area contributed by atoms with Crippen molar-refractivity contribution in [3.05, 3.63) is 38.2 Å². The van der Waals surface area contributed by atoms with Crippen molar-refractivity contribution >= 4 is 10.8 Å². The van der Waals surface area contributed by atoms with Crippen molar-refractivity contribution in [3.8, 4) is 0 Å². The maximum absolute atomic E-state index is 11.4. The number of rotatable bonds is 0. The minimum Gasteiger partial charge on any atom is -0.274 e. The first-order valence-electron chi connectivity index (χ1n) is 4.52. The van der Waals surface area contributed by atoms with Crippen LogP contribution in [0.1, 0.15) is 11.4 Å². The van der Waals surface area contributed by atoms with Crippen LogP contribution < -0.4 is 22.8 Å². The van der Waals surface area contributed by atoms with Crippen molar-refractivity contribution in [3.63, 3.8) is 0 Å². The number of H-pyrrole nitrogens is 2. The molecule has 2 aromatic heterocycles. The molecule has 0 fully saturated rings. The Bertz CT molecular complexity index is 613. The number of hydrazine groups is 1. The van der Waals surface area contributed by atoms with Crippen molar-refractivity contribution in [2.24, 2.45) is 11.7 Å². The van der Waals surface area contributed by atoms with Gasteiger partial charge in [-0.3, -0.25) is 36.5 Å². The Balaban J connectivity index is 0.000000606. The molecule has 0 saturated carbocycles. The van der Waals surface area contributed by atoms with E-state index in [0.29, 0.717) is 16.5 Å². The average Bonchev–Trinajstić information content (AvgIpc) is 2.26. The molecule has 2 heterocycles. The zero-order chi connectivity index (χ0) is 12.3. The first-order valence-corrected chi connectivity index (χ1v) is 4.52. The molecule has 2 aromatic rings. The predicted octanol–water partition coefficient (Wildman–Crippen LogP) is -0.953. The highest BCUT2D eigenvalue weighted by Gasteiger charge is 2.07. The summed E-state index contributed by atoms with van der Waals surface area (Å²) in [6.07, 6.45) is 0. The third-order valence-electron chi connectivity index (χ3n) is 2.09. The van der Waals surface area contributed by atoms with Gasteiger partial charge in [0.15, 0.2) is 0 Å². The number of hydrogen-bond donors (Lipinski definition) is 4. The fourth-order valence-corrected chi connectivity index (χ4v) is 1.54. The number of nitrogens with zero attached hydrogens (tertiary/aromatic N) is 1. The summed E-state index contributed by atoms with van der Waals surface area (Å²) >= 11 is 0. The van der Waals surface area contributed by atoms with Gasteiger partial charge in [0.2, 0.25) is 0 Å². The normalized spacial score (nSPS) is 9.75. The number of aromatic nitrogens is 3. The van der Waals surface area contributed by atoms with Gasteiger partial charge in [-0.1, -0.05) is 0 Å². The molecule has 0 aromatic carbocycles. The monoisotopic (exact) mass is 223 g/mol. The lowest BCUT2D eigenvalue weighted by atomic mass is 10.1. The number of pyridine rings is 1. The van der Waals surface area contributed by atoms with Gasteiger partial charge in [-0.05, 0) is 19.9 Å². The molecule has 7 heteroatoms. The first kappa shape index (κ1) is 12.1. The van der Waals surface area contributed by atoms with Crippen molar-refractivity contribution in [1.82, 2.24) is 15.2 Å². The second-order valence-electron chi connectivity index (χ2n) is 3.18. The van der Waals surface area contributed by atoms with E-state index in [1.54, 1.807) is 19.9 Å². The Morgan fingerprint density at radius 3 is 2.31 bits per heavy atom. The molecule has 0 saturated heterocycles. The number of aryl methyl sites for hydroxylation is 2. The van der Waals surface area contributed by atoms with Gasteiger partial charge in [-0.25, -0.2) is 0 Å². The van der Waals surface area contributed by atoms with E-state index in [-0.39, 0.29) is 11.1 Å². The van der Waals surface area contributed by atoms with E-state index in [1.807, 2.05) is 0 Å². The second-order valence-corrected chi connectivity index (χ2v) is 3.18. The maximum atomic E-state index is 11.4. The molecule has 0 unspecified atom stereocenters. The number of hydrogen-bond acceptors (Lipinski definition) is 5. The summed E-state index contributed by atoms with van der Waals surface area (Å²) in [6.45, 7) is 3.50. The summed E-state index contributed by atoms with van der Waals surface area (Å²) in [4.78, 5) is 26.9. The lowest BCUT2D eigenvalue weighted by Crippen LogP contribution is -2.20. The van der Waals surface area contributed by atoms with Gasteiger partial charge < -0.3 is 0 Å². The summed E-state index contributed by atoms with van der Waals surface area (Å²) in [7, 11) is 0. The van der Waals surface area contributed by atoms with Gasteiger partial charge in [0, 0.05) is 5.69 Å². The summed E-state index contributed by atoms with van der Waals surface area (Å²) in [5.74, 6) is 8.00. The molecule has 16 heavy (non-hydrogen) atoms. The molecule has 0 aliphatic heterocycles. The fourth-order valence-electron chi connectivity index (χ4n) is 1.54. The van der Waals surface area contributed by atoms with Crippen LogP contribution in [0.15, 0.2) is 15.7 Å². The van der Waals surface area contributed by atoms with E-state index < -0.39 is 0 Å². The number of nitrogens with one attached hydrogen (secondary N) is 2. The molecule has 0 aliphatic carbocycles. The molecule has 0 radical (unpaired) electrons. The highest BCUT2D eigenvalue weighted by molar-refractivity contribution is 5.82. The van der Waals surface area contributed by atoms with Crippen LogP contribution in [-0.2, 0) is 0 Å². The van der Waals surface area contributed by atoms with Crippen molar-refractivity contribution in [2.45, 2.75) is 13.8 Å². The molecule has 0 amide bonds. The van der Waals surface area contributed by atoms with Crippen LogP contribution in [0.25, 0.3) is 10.8 Å². The quantitative estimate of drug-likeness (QED) is 0.337. The molecule has 0 aliphatic rings. The second kappa shape index (κ2) is 4.69. The van der Waals surface area contributed by atoms with Crippen molar-refractivity contribution in [1.29, 1.82) is 0 Å². The molecule has 0 atom stereocenters.